The fourth-order valence-corrected chi connectivity index (χ4v) is 8.16. The topological polar surface area (TPSA) is 236 Å². The van der Waals surface area contributed by atoms with E-state index in [-0.39, 0.29) is 23.3 Å². The monoisotopic (exact) mass is 656 g/mol. The summed E-state index contributed by atoms with van der Waals surface area (Å²) in [5.74, 6) is -1.37. The highest BCUT2D eigenvalue weighted by molar-refractivity contribution is 5.78. The number of benzene rings is 1. The van der Waals surface area contributed by atoms with Gasteiger partial charge in [0, 0.05) is 16.5 Å². The van der Waals surface area contributed by atoms with E-state index in [0.717, 1.165) is 5.56 Å². The Morgan fingerprint density at radius 3 is 2.02 bits per heavy atom. The second kappa shape index (κ2) is 13.1. The number of carbonyl (C=O) groups excluding carboxylic acids is 1. The summed E-state index contributed by atoms with van der Waals surface area (Å²) >= 11 is 0. The number of hydrogen-bond acceptors (Lipinski definition) is 14. The number of aryl methyl sites for hydroxylation is 1. The van der Waals surface area contributed by atoms with Crippen molar-refractivity contribution in [2.45, 2.75) is 133 Å². The summed E-state index contributed by atoms with van der Waals surface area (Å²) in [5.41, 5.74) is 0.162. The molecule has 2 saturated heterocycles. The minimum atomic E-state index is -1.74. The molecular weight excluding hydrogens is 608 g/mol. The molecule has 1 aromatic carbocycles. The quantitative estimate of drug-likeness (QED) is 0.161. The number of phenols is 1. The van der Waals surface area contributed by atoms with Crippen molar-refractivity contribution in [1.29, 1.82) is 0 Å². The van der Waals surface area contributed by atoms with Crippen molar-refractivity contribution in [3.8, 4) is 11.5 Å². The van der Waals surface area contributed by atoms with Gasteiger partial charge in [-0.15, -0.1) is 0 Å². The molecule has 3 fully saturated rings. The van der Waals surface area contributed by atoms with Crippen LogP contribution in [0.5, 0.6) is 11.5 Å². The maximum Gasteiger partial charge on any atom is 0.314 e. The van der Waals surface area contributed by atoms with E-state index in [9.17, 15) is 50.8 Å². The molecule has 260 valence electrons. The lowest BCUT2D eigenvalue weighted by Crippen LogP contribution is -2.61. The van der Waals surface area contributed by atoms with Gasteiger partial charge in [0.1, 0.15) is 48.8 Å². The molecule has 0 unspecified atom stereocenters. The fraction of sp³-hybridized carbons (Fsp3) is 0.781. The lowest BCUT2D eigenvalue weighted by molar-refractivity contribution is -0.296. The van der Waals surface area contributed by atoms with Crippen molar-refractivity contribution < 1.29 is 69.7 Å². The summed E-state index contributed by atoms with van der Waals surface area (Å²) in [5, 5.41) is 93.3. The van der Waals surface area contributed by atoms with Gasteiger partial charge in [-0.25, -0.2) is 0 Å². The van der Waals surface area contributed by atoms with Gasteiger partial charge in [-0.2, -0.15) is 0 Å². The van der Waals surface area contributed by atoms with Crippen LogP contribution in [0.3, 0.4) is 0 Å². The van der Waals surface area contributed by atoms with Crippen LogP contribution in [0.15, 0.2) is 6.07 Å². The molecular formula is C32H48O14. The predicted molar refractivity (Wildman–Crippen MR) is 158 cm³/mol. The molecule has 4 aliphatic rings. The Balaban J connectivity index is 1.49. The number of phenolic OH excluding ortho intramolecular Hbond substituents is 1. The van der Waals surface area contributed by atoms with Gasteiger partial charge in [-0.05, 0) is 50.0 Å². The summed E-state index contributed by atoms with van der Waals surface area (Å²) in [6.07, 6.45) is -12.9. The Morgan fingerprint density at radius 2 is 1.46 bits per heavy atom. The zero-order chi connectivity index (χ0) is 33.9. The molecule has 0 spiro atoms. The SMILES string of the molecule is CC(C)c1cc2c(c(O)c1O[C@@H]1O[C@H](CO)[C@@H](O)[C@H](O)[C@H]1O)[C@@]1(C)CCC[C@@](C)(C(=O)O[C@@H]3O[C@H](CO)[C@@H](O)[C@H](O)[C@H]3O)[C@@H]1CC2. The summed E-state index contributed by atoms with van der Waals surface area (Å²) in [6, 6.07) is 1.93. The fourth-order valence-electron chi connectivity index (χ4n) is 8.16. The molecule has 2 aliphatic carbocycles. The molecule has 13 atom stereocenters. The van der Waals surface area contributed by atoms with E-state index in [1.165, 1.54) is 0 Å². The van der Waals surface area contributed by atoms with Gasteiger partial charge in [0.2, 0.25) is 12.6 Å². The van der Waals surface area contributed by atoms with Gasteiger partial charge in [0.05, 0.1) is 18.6 Å². The first kappa shape index (κ1) is 35.2. The lowest BCUT2D eigenvalue weighted by atomic mass is 9.49. The molecule has 5 rings (SSSR count). The number of aromatic hydroxyl groups is 1. The second-order valence-corrected chi connectivity index (χ2v) is 14.0. The average Bonchev–Trinajstić information content (AvgIpc) is 3.01. The molecule has 1 aromatic rings. The highest BCUT2D eigenvalue weighted by Crippen LogP contribution is 2.61. The highest BCUT2D eigenvalue weighted by Gasteiger charge is 2.58. The van der Waals surface area contributed by atoms with Gasteiger partial charge in [-0.1, -0.05) is 33.3 Å². The first-order valence-corrected chi connectivity index (χ1v) is 16.0. The van der Waals surface area contributed by atoms with Crippen molar-refractivity contribution in [3.05, 3.63) is 22.8 Å². The van der Waals surface area contributed by atoms with Crippen LogP contribution in [0.2, 0.25) is 0 Å². The minimum Gasteiger partial charge on any atom is -0.504 e. The molecule has 14 heteroatoms. The van der Waals surface area contributed by atoms with Crippen molar-refractivity contribution in [3.63, 3.8) is 0 Å². The molecule has 9 N–H and O–H groups in total. The van der Waals surface area contributed by atoms with Gasteiger partial charge in [0.15, 0.2) is 11.5 Å². The summed E-state index contributed by atoms with van der Waals surface area (Å²) < 4.78 is 22.8. The van der Waals surface area contributed by atoms with Crippen LogP contribution in [0, 0.1) is 11.3 Å². The predicted octanol–water partition coefficient (Wildman–Crippen LogP) is -0.952. The molecule has 2 heterocycles. The normalized spacial score (nSPS) is 42.7. The van der Waals surface area contributed by atoms with Crippen LogP contribution in [-0.4, -0.2) is 127 Å². The lowest BCUT2D eigenvalue weighted by Gasteiger charge is -2.54. The van der Waals surface area contributed by atoms with E-state index in [1.54, 1.807) is 6.92 Å². The van der Waals surface area contributed by atoms with Crippen LogP contribution in [0.4, 0.5) is 0 Å². The average molecular weight is 657 g/mol. The first-order valence-electron chi connectivity index (χ1n) is 16.0. The Hall–Kier alpha value is -2.11. The Labute approximate surface area is 267 Å². The number of fused-ring (bicyclic) bond motifs is 3. The van der Waals surface area contributed by atoms with Crippen LogP contribution in [0.25, 0.3) is 0 Å². The van der Waals surface area contributed by atoms with E-state index in [1.807, 2.05) is 26.8 Å². The molecule has 0 amide bonds. The first-order chi connectivity index (χ1) is 21.6. The maximum absolute atomic E-state index is 13.9. The second-order valence-electron chi connectivity index (χ2n) is 14.0. The van der Waals surface area contributed by atoms with E-state index in [4.69, 9.17) is 18.9 Å². The zero-order valence-electron chi connectivity index (χ0n) is 26.5. The molecule has 46 heavy (non-hydrogen) atoms. The van der Waals surface area contributed by atoms with E-state index in [2.05, 4.69) is 0 Å². The molecule has 0 aromatic heterocycles. The number of hydrogen-bond donors (Lipinski definition) is 9. The minimum absolute atomic E-state index is 0.0242. The van der Waals surface area contributed by atoms with E-state index in [0.29, 0.717) is 43.2 Å². The van der Waals surface area contributed by atoms with Gasteiger partial charge in [-0.3, -0.25) is 4.79 Å². The van der Waals surface area contributed by atoms with Gasteiger partial charge in [0.25, 0.3) is 0 Å². The highest BCUT2D eigenvalue weighted by atomic mass is 16.7. The van der Waals surface area contributed by atoms with Crippen LogP contribution >= 0.6 is 0 Å². The van der Waals surface area contributed by atoms with Crippen LogP contribution in [-0.2, 0) is 30.8 Å². The maximum atomic E-state index is 13.9. The smallest absolute Gasteiger partial charge is 0.314 e. The van der Waals surface area contributed by atoms with Crippen molar-refractivity contribution in [1.82, 2.24) is 0 Å². The molecule has 2 aliphatic heterocycles. The number of rotatable bonds is 7. The number of aliphatic hydroxyl groups excluding tert-OH is 8. The molecule has 1 saturated carbocycles. The van der Waals surface area contributed by atoms with Crippen molar-refractivity contribution in [2.24, 2.45) is 11.3 Å². The van der Waals surface area contributed by atoms with Crippen molar-refractivity contribution >= 4 is 5.97 Å². The third kappa shape index (κ3) is 5.70. The van der Waals surface area contributed by atoms with E-state index < -0.39 is 91.4 Å². The number of ether oxygens (including phenoxy) is 4. The van der Waals surface area contributed by atoms with Crippen LogP contribution in [0.1, 0.15) is 76.0 Å². The van der Waals surface area contributed by atoms with Crippen LogP contribution < -0.4 is 4.74 Å². The summed E-state index contributed by atoms with van der Waals surface area (Å²) in [4.78, 5) is 13.9. The third-order valence-corrected chi connectivity index (χ3v) is 10.8. The Bertz CT molecular complexity index is 1270. The Kier molecular flexibility index (Phi) is 10.0. The summed E-state index contributed by atoms with van der Waals surface area (Å²) in [6.45, 7) is 6.22. The number of aliphatic hydroxyl groups is 8. The van der Waals surface area contributed by atoms with E-state index >= 15 is 0 Å². The standard InChI is InChI=1S/C32H48O14/c1-13(2)15-10-14-6-7-18-31(3,19(14)22(37)27(15)45-28-25(40)23(38)20(35)16(11-33)43-28)8-5-9-32(18,4)30(42)46-29-26(41)24(39)21(36)17(12-34)44-29/h10,13,16-18,20-21,23-26,28-29,33-41H,5-9,11-12H2,1-4H3/t16-,17-,18-,20-,21-,23+,24+,25-,26-,28+,29+,31+,32-/m1/s1. The molecule has 0 bridgehead atoms. The van der Waals surface area contributed by atoms with Crippen molar-refractivity contribution in [2.75, 3.05) is 13.2 Å². The zero-order valence-corrected chi connectivity index (χ0v) is 26.5. The number of carbonyl (C=O) groups is 1. The van der Waals surface area contributed by atoms with Gasteiger partial charge < -0.3 is 64.9 Å². The third-order valence-electron chi connectivity index (χ3n) is 10.8. The molecule has 0 radical (unpaired) electrons. The largest absolute Gasteiger partial charge is 0.504 e. The molecule has 14 nitrogen and oxygen atoms in total. The summed E-state index contributed by atoms with van der Waals surface area (Å²) in [7, 11) is 0. The number of esters is 1. The van der Waals surface area contributed by atoms with Gasteiger partial charge >= 0.3 is 5.97 Å². The Morgan fingerprint density at radius 1 is 0.891 bits per heavy atom.